The van der Waals surface area contributed by atoms with Gasteiger partial charge >= 0.3 is 0 Å². The Morgan fingerprint density at radius 2 is 2.07 bits per heavy atom. The lowest BCUT2D eigenvalue weighted by atomic mass is 10.0. The third kappa shape index (κ3) is 2.14. The molecule has 0 saturated heterocycles. The summed E-state index contributed by atoms with van der Waals surface area (Å²) in [6.07, 6.45) is 3.84. The van der Waals surface area contributed by atoms with Gasteiger partial charge in [-0.15, -0.1) is 0 Å². The van der Waals surface area contributed by atoms with E-state index in [2.05, 4.69) is 37.9 Å². The Kier molecular flexibility index (Phi) is 2.58. The van der Waals surface area contributed by atoms with Gasteiger partial charge in [-0.2, -0.15) is 0 Å². The first-order chi connectivity index (χ1) is 6.66. The number of aryl methyl sites for hydroxylation is 1. The molecule has 14 heavy (non-hydrogen) atoms. The van der Waals surface area contributed by atoms with Crippen molar-refractivity contribution >= 4 is 0 Å². The second kappa shape index (κ2) is 3.72. The van der Waals surface area contributed by atoms with Crippen LogP contribution >= 0.6 is 0 Å². The molecule has 0 aromatic carbocycles. The number of rotatable bonds is 3. The maximum Gasteiger partial charge on any atom is 0.0410 e. The number of hydrogen-bond donors (Lipinski definition) is 0. The molecule has 1 heteroatoms. The van der Waals surface area contributed by atoms with Gasteiger partial charge in [-0.25, -0.2) is 0 Å². The molecule has 1 aromatic rings. The lowest BCUT2D eigenvalue weighted by molar-refractivity contribution is 0.633. The minimum atomic E-state index is 0.702. The predicted molar refractivity (Wildman–Crippen MR) is 59.5 cm³/mol. The van der Waals surface area contributed by atoms with Gasteiger partial charge in [0, 0.05) is 11.4 Å². The van der Waals surface area contributed by atoms with Crippen molar-refractivity contribution in [2.45, 2.75) is 46.0 Å². The van der Waals surface area contributed by atoms with Gasteiger partial charge in [0.25, 0.3) is 0 Å². The van der Waals surface area contributed by atoms with E-state index in [0.717, 1.165) is 12.3 Å². The standard InChI is InChI=1S/C13H19N/c1-9(2)8-12-6-7-13(10(3)14-12)11-4-5-11/h6-7,9,11H,4-5,8H2,1-3H3. The van der Waals surface area contributed by atoms with Crippen LogP contribution in [-0.4, -0.2) is 4.98 Å². The van der Waals surface area contributed by atoms with Crippen LogP contribution < -0.4 is 0 Å². The SMILES string of the molecule is Cc1nc(CC(C)C)ccc1C1CC1. The normalized spacial score (nSPS) is 16.3. The summed E-state index contributed by atoms with van der Waals surface area (Å²) >= 11 is 0. The Balaban J connectivity index is 2.17. The van der Waals surface area contributed by atoms with Crippen molar-refractivity contribution in [2.24, 2.45) is 5.92 Å². The van der Waals surface area contributed by atoms with Gasteiger partial charge in [0.2, 0.25) is 0 Å². The van der Waals surface area contributed by atoms with Crippen LogP contribution in [0.2, 0.25) is 0 Å². The highest BCUT2D eigenvalue weighted by molar-refractivity contribution is 5.29. The molecule has 0 bridgehead atoms. The molecule has 0 N–H and O–H groups in total. The van der Waals surface area contributed by atoms with Gasteiger partial charge < -0.3 is 0 Å². The molecule has 1 aromatic heterocycles. The quantitative estimate of drug-likeness (QED) is 0.709. The summed E-state index contributed by atoms with van der Waals surface area (Å²) in [5, 5.41) is 0. The summed E-state index contributed by atoms with van der Waals surface area (Å²) in [7, 11) is 0. The van der Waals surface area contributed by atoms with Crippen molar-refractivity contribution < 1.29 is 0 Å². The highest BCUT2D eigenvalue weighted by Gasteiger charge is 2.25. The molecule has 76 valence electrons. The van der Waals surface area contributed by atoms with Gasteiger partial charge in [0.15, 0.2) is 0 Å². The fourth-order valence-electron chi connectivity index (χ4n) is 1.98. The number of hydrogen-bond acceptors (Lipinski definition) is 1. The minimum Gasteiger partial charge on any atom is -0.258 e. The first-order valence-corrected chi connectivity index (χ1v) is 5.63. The van der Waals surface area contributed by atoms with Crippen LogP contribution in [0.3, 0.4) is 0 Å². The van der Waals surface area contributed by atoms with Crippen LogP contribution in [0.25, 0.3) is 0 Å². The fraction of sp³-hybridized carbons (Fsp3) is 0.615. The van der Waals surface area contributed by atoms with Crippen LogP contribution in [0.15, 0.2) is 12.1 Å². The summed E-state index contributed by atoms with van der Waals surface area (Å²) in [5.74, 6) is 1.53. The predicted octanol–water partition coefficient (Wildman–Crippen LogP) is 3.47. The Labute approximate surface area is 86.6 Å². The van der Waals surface area contributed by atoms with Gasteiger partial charge in [0.05, 0.1) is 0 Å². The van der Waals surface area contributed by atoms with E-state index >= 15 is 0 Å². The molecule has 1 aliphatic rings. The van der Waals surface area contributed by atoms with E-state index in [4.69, 9.17) is 0 Å². The van der Waals surface area contributed by atoms with Crippen LogP contribution in [0.5, 0.6) is 0 Å². The van der Waals surface area contributed by atoms with Crippen LogP contribution in [0, 0.1) is 12.8 Å². The highest BCUT2D eigenvalue weighted by atomic mass is 14.7. The molecule has 0 atom stereocenters. The molecular weight excluding hydrogens is 170 g/mol. The van der Waals surface area contributed by atoms with Crippen LogP contribution in [0.1, 0.15) is 49.6 Å². The zero-order valence-electron chi connectivity index (χ0n) is 9.38. The van der Waals surface area contributed by atoms with Gasteiger partial charge in [0.1, 0.15) is 0 Å². The maximum atomic E-state index is 4.67. The first-order valence-electron chi connectivity index (χ1n) is 5.63. The van der Waals surface area contributed by atoms with Crippen molar-refractivity contribution in [1.82, 2.24) is 4.98 Å². The molecule has 1 fully saturated rings. The lowest BCUT2D eigenvalue weighted by Crippen LogP contribution is -2.00. The van der Waals surface area contributed by atoms with Crippen molar-refractivity contribution in [3.63, 3.8) is 0 Å². The lowest BCUT2D eigenvalue weighted by Gasteiger charge is -2.08. The Hall–Kier alpha value is -0.850. The maximum absolute atomic E-state index is 4.67. The highest BCUT2D eigenvalue weighted by Crippen LogP contribution is 2.41. The molecule has 1 aliphatic carbocycles. The van der Waals surface area contributed by atoms with E-state index in [1.54, 1.807) is 0 Å². The molecule has 2 rings (SSSR count). The molecule has 0 aliphatic heterocycles. The summed E-state index contributed by atoms with van der Waals surface area (Å²) in [5.41, 5.74) is 3.99. The second-order valence-electron chi connectivity index (χ2n) is 4.85. The smallest absolute Gasteiger partial charge is 0.0410 e. The summed E-state index contributed by atoms with van der Waals surface area (Å²) in [4.78, 5) is 4.67. The topological polar surface area (TPSA) is 12.9 Å². The van der Waals surface area contributed by atoms with Crippen molar-refractivity contribution in [3.8, 4) is 0 Å². The molecule has 1 saturated carbocycles. The molecule has 0 spiro atoms. The van der Waals surface area contributed by atoms with Crippen LogP contribution in [-0.2, 0) is 6.42 Å². The van der Waals surface area contributed by atoms with E-state index in [1.807, 2.05) is 0 Å². The van der Waals surface area contributed by atoms with E-state index < -0.39 is 0 Å². The van der Waals surface area contributed by atoms with Gasteiger partial charge in [-0.3, -0.25) is 4.98 Å². The van der Waals surface area contributed by atoms with Crippen LogP contribution in [0.4, 0.5) is 0 Å². The van der Waals surface area contributed by atoms with E-state index in [0.29, 0.717) is 5.92 Å². The van der Waals surface area contributed by atoms with Crippen molar-refractivity contribution in [3.05, 3.63) is 29.1 Å². The van der Waals surface area contributed by atoms with E-state index in [-0.39, 0.29) is 0 Å². The molecule has 0 unspecified atom stereocenters. The monoisotopic (exact) mass is 189 g/mol. The Morgan fingerprint density at radius 3 is 2.57 bits per heavy atom. The number of aromatic nitrogens is 1. The summed E-state index contributed by atoms with van der Waals surface area (Å²) < 4.78 is 0. The largest absolute Gasteiger partial charge is 0.258 e. The molecule has 1 heterocycles. The Morgan fingerprint density at radius 1 is 1.36 bits per heavy atom. The zero-order valence-corrected chi connectivity index (χ0v) is 9.38. The van der Waals surface area contributed by atoms with E-state index in [9.17, 15) is 0 Å². The summed E-state index contributed by atoms with van der Waals surface area (Å²) in [6.45, 7) is 6.63. The van der Waals surface area contributed by atoms with Crippen molar-refractivity contribution in [2.75, 3.05) is 0 Å². The number of pyridine rings is 1. The Bertz CT molecular complexity index is 324. The van der Waals surface area contributed by atoms with Gasteiger partial charge in [-0.1, -0.05) is 19.9 Å². The third-order valence-electron chi connectivity index (χ3n) is 2.82. The molecular formula is C13H19N. The number of nitrogens with zero attached hydrogens (tertiary/aromatic N) is 1. The fourth-order valence-corrected chi connectivity index (χ4v) is 1.98. The average Bonchev–Trinajstić information content (AvgIpc) is 2.86. The zero-order chi connectivity index (χ0) is 10.1. The minimum absolute atomic E-state index is 0.702. The average molecular weight is 189 g/mol. The molecule has 0 amide bonds. The van der Waals surface area contributed by atoms with Gasteiger partial charge in [-0.05, 0) is 49.7 Å². The molecule has 1 nitrogen and oxygen atoms in total. The van der Waals surface area contributed by atoms with Crippen molar-refractivity contribution in [1.29, 1.82) is 0 Å². The second-order valence-corrected chi connectivity index (χ2v) is 4.85. The summed E-state index contributed by atoms with van der Waals surface area (Å²) in [6, 6.07) is 4.50. The third-order valence-corrected chi connectivity index (χ3v) is 2.82. The first kappa shape index (κ1) is 9.70. The molecule has 0 radical (unpaired) electrons. The van der Waals surface area contributed by atoms with E-state index in [1.165, 1.54) is 29.8 Å².